The second-order valence-electron chi connectivity index (χ2n) is 3.49. The minimum absolute atomic E-state index is 0. The van der Waals surface area contributed by atoms with Crippen molar-refractivity contribution >= 4 is 11.9 Å². The normalized spacial score (nSPS) is 13.1. The summed E-state index contributed by atoms with van der Waals surface area (Å²) in [6, 6.07) is 3.50. The van der Waals surface area contributed by atoms with Crippen LogP contribution in [0.5, 0.6) is 0 Å². The van der Waals surface area contributed by atoms with E-state index in [4.69, 9.17) is 0 Å². The minimum atomic E-state index is -0.183. The first-order valence-corrected chi connectivity index (χ1v) is 5.06. The van der Waals surface area contributed by atoms with E-state index in [0.717, 1.165) is 13.1 Å². The average molecular weight is 347 g/mol. The van der Waals surface area contributed by atoms with E-state index in [0.29, 0.717) is 11.5 Å². The van der Waals surface area contributed by atoms with Gasteiger partial charge in [-0.05, 0) is 0 Å². The molecule has 1 aliphatic heterocycles. The van der Waals surface area contributed by atoms with E-state index in [1.165, 1.54) is 0 Å². The lowest BCUT2D eigenvalue weighted by molar-refractivity contribution is -0.671. The molecule has 0 bridgehead atoms. The molecule has 0 radical (unpaired) electrons. The monoisotopic (exact) mass is 347 g/mol. The second kappa shape index (κ2) is 6.38. The van der Waals surface area contributed by atoms with Crippen LogP contribution in [-0.4, -0.2) is 25.0 Å². The fourth-order valence-electron chi connectivity index (χ4n) is 1.32. The van der Waals surface area contributed by atoms with Crippen molar-refractivity contribution in [1.82, 2.24) is 16.2 Å². The van der Waals surface area contributed by atoms with Crippen LogP contribution in [0.1, 0.15) is 10.4 Å². The summed E-state index contributed by atoms with van der Waals surface area (Å²) in [5, 5.41) is 2.99. The predicted molar refractivity (Wildman–Crippen MR) is 58.5 cm³/mol. The van der Waals surface area contributed by atoms with Crippen LogP contribution in [0.3, 0.4) is 0 Å². The summed E-state index contributed by atoms with van der Waals surface area (Å²) in [5.41, 5.74) is 5.90. The maximum atomic E-state index is 11.6. The number of nitrogens with zero attached hydrogens (tertiary/aromatic N) is 2. The largest absolute Gasteiger partial charge is 1.00 e. The molecule has 17 heavy (non-hydrogen) atoms. The second-order valence-corrected chi connectivity index (χ2v) is 3.49. The lowest BCUT2D eigenvalue weighted by atomic mass is 10.2. The Kier molecular flexibility index (Phi) is 5.13. The molecular formula is C10H14IN5O. The van der Waals surface area contributed by atoms with Gasteiger partial charge in [-0.3, -0.25) is 20.6 Å². The highest BCUT2D eigenvalue weighted by Crippen LogP contribution is 1.93. The summed E-state index contributed by atoms with van der Waals surface area (Å²) in [6.45, 7) is 1.54. The Morgan fingerprint density at radius 2 is 2.18 bits per heavy atom. The number of amides is 1. The first kappa shape index (κ1) is 13.7. The van der Waals surface area contributed by atoms with Gasteiger partial charge < -0.3 is 29.3 Å². The molecule has 1 aromatic rings. The smallest absolute Gasteiger partial charge is 0.270 e. The number of halogens is 1. The molecule has 0 aliphatic carbocycles. The van der Waals surface area contributed by atoms with E-state index < -0.39 is 0 Å². The predicted octanol–water partition coefficient (Wildman–Crippen LogP) is -4.29. The van der Waals surface area contributed by atoms with Crippen molar-refractivity contribution in [1.29, 1.82) is 0 Å². The van der Waals surface area contributed by atoms with E-state index in [2.05, 4.69) is 21.2 Å². The highest BCUT2D eigenvalue weighted by molar-refractivity contribution is 5.95. The zero-order valence-electron chi connectivity index (χ0n) is 9.40. The highest BCUT2D eigenvalue weighted by Gasteiger charge is 2.08. The van der Waals surface area contributed by atoms with Gasteiger partial charge in [-0.15, -0.1) is 0 Å². The fourth-order valence-corrected chi connectivity index (χ4v) is 1.32. The number of hydrazine groups is 1. The number of rotatable bonds is 1. The highest BCUT2D eigenvalue weighted by atomic mass is 127. The summed E-state index contributed by atoms with van der Waals surface area (Å²) in [6.07, 6.45) is 3.64. The number of nitrogens with one attached hydrogen (secondary N) is 3. The van der Waals surface area contributed by atoms with E-state index in [-0.39, 0.29) is 29.9 Å². The van der Waals surface area contributed by atoms with Crippen LogP contribution in [0.2, 0.25) is 0 Å². The van der Waals surface area contributed by atoms with Crippen molar-refractivity contribution in [3.05, 3.63) is 30.1 Å². The van der Waals surface area contributed by atoms with Gasteiger partial charge in [0, 0.05) is 18.7 Å². The number of aromatic nitrogens is 1. The topological polar surface area (TPSA) is 69.4 Å². The Morgan fingerprint density at radius 3 is 2.76 bits per heavy atom. The average Bonchev–Trinajstić information content (AvgIpc) is 2.80. The Balaban J connectivity index is 0.00000144. The van der Waals surface area contributed by atoms with Gasteiger partial charge >= 0.3 is 0 Å². The Morgan fingerprint density at radius 1 is 1.47 bits per heavy atom. The quantitative estimate of drug-likeness (QED) is 0.274. The van der Waals surface area contributed by atoms with Gasteiger partial charge in [0.25, 0.3) is 5.91 Å². The first-order valence-electron chi connectivity index (χ1n) is 5.06. The lowest BCUT2D eigenvalue weighted by Gasteiger charge is -2.07. The zero-order chi connectivity index (χ0) is 11.4. The van der Waals surface area contributed by atoms with Crippen molar-refractivity contribution in [3.63, 3.8) is 0 Å². The van der Waals surface area contributed by atoms with Crippen molar-refractivity contribution < 1.29 is 33.3 Å². The van der Waals surface area contributed by atoms with Crippen LogP contribution in [0.15, 0.2) is 29.5 Å². The van der Waals surface area contributed by atoms with Crippen LogP contribution < -0.4 is 44.7 Å². The molecule has 92 valence electrons. The van der Waals surface area contributed by atoms with Gasteiger partial charge in [-0.1, -0.05) is 0 Å². The number of carbonyl (C=O) groups is 1. The molecule has 2 heterocycles. The molecule has 1 aliphatic rings. The van der Waals surface area contributed by atoms with Crippen LogP contribution in [0.25, 0.3) is 0 Å². The maximum absolute atomic E-state index is 11.6. The molecule has 0 aromatic carbocycles. The number of aryl methyl sites for hydroxylation is 1. The number of hydrogen-bond acceptors (Lipinski definition) is 4. The molecule has 7 heteroatoms. The molecule has 3 N–H and O–H groups in total. The number of carbonyl (C=O) groups excluding carboxylic acids is 1. The zero-order valence-corrected chi connectivity index (χ0v) is 11.6. The van der Waals surface area contributed by atoms with Gasteiger partial charge in [0.1, 0.15) is 7.05 Å². The molecule has 1 amide bonds. The molecule has 0 atom stereocenters. The van der Waals surface area contributed by atoms with E-state index in [1.807, 2.05) is 24.0 Å². The molecule has 6 nitrogen and oxygen atoms in total. The number of hydrogen-bond donors (Lipinski definition) is 3. The molecule has 0 spiro atoms. The van der Waals surface area contributed by atoms with Gasteiger partial charge in [0.15, 0.2) is 12.4 Å². The molecule has 2 rings (SSSR count). The first-order chi connectivity index (χ1) is 7.75. The fraction of sp³-hybridized carbons (Fsp3) is 0.300. The van der Waals surface area contributed by atoms with E-state index >= 15 is 0 Å². The van der Waals surface area contributed by atoms with Crippen molar-refractivity contribution in [2.24, 2.45) is 12.0 Å². The Bertz CT molecular complexity index is 417. The van der Waals surface area contributed by atoms with Crippen molar-refractivity contribution in [3.8, 4) is 0 Å². The van der Waals surface area contributed by atoms with Gasteiger partial charge in [0.05, 0.1) is 12.1 Å². The molecule has 0 fully saturated rings. The number of aliphatic imine (C=N–C) groups is 1. The van der Waals surface area contributed by atoms with Crippen LogP contribution in [-0.2, 0) is 7.05 Å². The summed E-state index contributed by atoms with van der Waals surface area (Å²) < 4.78 is 1.87. The molecule has 0 saturated heterocycles. The van der Waals surface area contributed by atoms with Crippen LogP contribution in [0, 0.1) is 0 Å². The Hall–Kier alpha value is -1.38. The lowest BCUT2D eigenvalue weighted by Crippen LogP contribution is -3.00. The van der Waals surface area contributed by atoms with Crippen LogP contribution in [0.4, 0.5) is 0 Å². The SMILES string of the molecule is C[n+]1ccc(C(=O)NNC2=NCCN2)cc1.[I-]. The standard InChI is InChI=1S/C10H13N5O.HI/c1-15-6-2-8(3-7-15)9(16)13-14-10-11-4-5-12-10;/h2-3,6-7H,4-5H2,1H3,(H2,11,12,16);1H. The molecular weight excluding hydrogens is 333 g/mol. The van der Waals surface area contributed by atoms with Gasteiger partial charge in [-0.25, -0.2) is 4.57 Å². The van der Waals surface area contributed by atoms with Crippen LogP contribution >= 0.6 is 0 Å². The Labute approximate surface area is 117 Å². The van der Waals surface area contributed by atoms with E-state index in [9.17, 15) is 4.79 Å². The van der Waals surface area contributed by atoms with Crippen molar-refractivity contribution in [2.75, 3.05) is 13.1 Å². The molecule has 0 saturated carbocycles. The number of guanidine groups is 1. The minimum Gasteiger partial charge on any atom is -1.00 e. The summed E-state index contributed by atoms with van der Waals surface area (Å²) in [7, 11) is 1.90. The third-order valence-electron chi connectivity index (χ3n) is 2.21. The van der Waals surface area contributed by atoms with Gasteiger partial charge in [0.2, 0.25) is 5.96 Å². The summed E-state index contributed by atoms with van der Waals surface area (Å²) in [5.74, 6) is 0.423. The van der Waals surface area contributed by atoms with Crippen molar-refractivity contribution in [2.45, 2.75) is 0 Å². The number of pyridine rings is 1. The molecule has 1 aromatic heterocycles. The third-order valence-corrected chi connectivity index (χ3v) is 2.21. The summed E-state index contributed by atoms with van der Waals surface area (Å²) in [4.78, 5) is 15.7. The van der Waals surface area contributed by atoms with Gasteiger partial charge in [-0.2, -0.15) is 0 Å². The summed E-state index contributed by atoms with van der Waals surface area (Å²) >= 11 is 0. The molecule has 0 unspecified atom stereocenters. The third kappa shape index (κ3) is 3.84. The maximum Gasteiger partial charge on any atom is 0.270 e. The van der Waals surface area contributed by atoms with E-state index in [1.54, 1.807) is 12.1 Å².